The average Bonchev–Trinajstić information content (AvgIpc) is 3.30. The van der Waals surface area contributed by atoms with E-state index in [4.69, 9.17) is 9.47 Å². The molecule has 0 saturated carbocycles. The van der Waals surface area contributed by atoms with E-state index in [1.807, 2.05) is 6.07 Å². The number of aliphatic hydroxyl groups is 1. The highest BCUT2D eigenvalue weighted by Crippen LogP contribution is 2.35. The molecule has 10 heteroatoms. The van der Waals surface area contributed by atoms with Gasteiger partial charge in [-0.15, -0.1) is 0 Å². The van der Waals surface area contributed by atoms with Crippen molar-refractivity contribution in [2.45, 2.75) is 36.4 Å². The van der Waals surface area contributed by atoms with Gasteiger partial charge in [0.05, 0.1) is 47.2 Å². The van der Waals surface area contributed by atoms with E-state index in [-0.39, 0.29) is 11.9 Å². The van der Waals surface area contributed by atoms with Gasteiger partial charge in [0.1, 0.15) is 11.8 Å². The van der Waals surface area contributed by atoms with Crippen molar-refractivity contribution in [1.29, 1.82) is 0 Å². The van der Waals surface area contributed by atoms with Gasteiger partial charge in [0.2, 0.25) is 5.88 Å². The number of nitrogens with zero attached hydrogens (tertiary/aromatic N) is 4. The van der Waals surface area contributed by atoms with Gasteiger partial charge >= 0.3 is 0 Å². The van der Waals surface area contributed by atoms with Crippen LogP contribution in [0.15, 0.2) is 35.5 Å². The molecule has 33 heavy (non-hydrogen) atoms. The summed E-state index contributed by atoms with van der Waals surface area (Å²) in [4.78, 5) is 16.2. The molecule has 0 bridgehead atoms. The fourth-order valence-electron chi connectivity index (χ4n) is 4.31. The zero-order valence-electron chi connectivity index (χ0n) is 18.3. The molecule has 8 nitrogen and oxygen atoms in total. The topological polar surface area (TPSA) is 92.6 Å². The number of pyridine rings is 3. The maximum Gasteiger partial charge on any atom is 0.213 e. The van der Waals surface area contributed by atoms with Crippen LogP contribution in [0.1, 0.15) is 17.7 Å². The molecule has 1 fully saturated rings. The summed E-state index contributed by atoms with van der Waals surface area (Å²) < 4.78 is 25.2. The summed E-state index contributed by atoms with van der Waals surface area (Å²) in [5, 5.41) is 14.1. The number of hydrogen-bond donors (Lipinski definition) is 2. The van der Waals surface area contributed by atoms with Gasteiger partial charge in [-0.2, -0.15) is 0 Å². The van der Waals surface area contributed by atoms with E-state index in [1.165, 1.54) is 13.3 Å². The maximum absolute atomic E-state index is 14.6. The van der Waals surface area contributed by atoms with Crippen LogP contribution in [0.2, 0.25) is 0 Å². The monoisotopic (exact) mass is 471 g/mol. The van der Waals surface area contributed by atoms with Crippen molar-refractivity contribution in [3.8, 4) is 11.6 Å². The fourth-order valence-corrected chi connectivity index (χ4v) is 5.10. The van der Waals surface area contributed by atoms with E-state index in [0.29, 0.717) is 54.5 Å². The number of piperidine rings is 1. The van der Waals surface area contributed by atoms with Gasteiger partial charge in [-0.05, 0) is 31.5 Å². The standard InChI is InChI=1S/C23H26FN5O3S/c1-31-22-3-2-18-23(28-22)15(16(24)10-27-18)4-6-29-7-5-17(19(30)12-29)26-9-14-8-21-20(11-25-14)32-13-33-21/h2-3,8,10-11,17,19,26,30H,4-7,9,12-13H2,1H3. The van der Waals surface area contributed by atoms with Gasteiger partial charge in [-0.25, -0.2) is 9.37 Å². The number of nitrogens with one attached hydrogen (secondary N) is 1. The van der Waals surface area contributed by atoms with E-state index in [0.717, 1.165) is 29.3 Å². The molecule has 2 atom stereocenters. The summed E-state index contributed by atoms with van der Waals surface area (Å²) in [5.41, 5.74) is 2.62. The van der Waals surface area contributed by atoms with E-state index < -0.39 is 6.10 Å². The third kappa shape index (κ3) is 4.89. The van der Waals surface area contributed by atoms with Gasteiger partial charge in [-0.1, -0.05) is 11.8 Å². The largest absolute Gasteiger partial charge is 0.481 e. The number of aliphatic hydroxyl groups excluding tert-OH is 1. The van der Waals surface area contributed by atoms with Crippen LogP contribution in [0.25, 0.3) is 11.0 Å². The highest BCUT2D eigenvalue weighted by atomic mass is 32.2. The van der Waals surface area contributed by atoms with Crippen LogP contribution in [-0.4, -0.2) is 69.8 Å². The average molecular weight is 472 g/mol. The van der Waals surface area contributed by atoms with Gasteiger partial charge < -0.3 is 24.8 Å². The second kappa shape index (κ2) is 9.76. The molecule has 2 aliphatic rings. The second-order valence-electron chi connectivity index (χ2n) is 8.23. The van der Waals surface area contributed by atoms with Crippen molar-refractivity contribution in [3.05, 3.63) is 47.7 Å². The van der Waals surface area contributed by atoms with Crippen LogP contribution in [0.4, 0.5) is 4.39 Å². The number of fused-ring (bicyclic) bond motifs is 2. The van der Waals surface area contributed by atoms with Crippen molar-refractivity contribution in [3.63, 3.8) is 0 Å². The van der Waals surface area contributed by atoms with Crippen molar-refractivity contribution < 1.29 is 19.0 Å². The van der Waals surface area contributed by atoms with E-state index in [2.05, 4.69) is 25.2 Å². The molecule has 1 saturated heterocycles. The molecule has 3 aromatic heterocycles. The van der Waals surface area contributed by atoms with Crippen LogP contribution >= 0.6 is 11.8 Å². The minimum Gasteiger partial charge on any atom is -0.481 e. The summed E-state index contributed by atoms with van der Waals surface area (Å²) in [6.07, 6.45) is 3.78. The number of hydrogen-bond acceptors (Lipinski definition) is 9. The predicted octanol–water partition coefficient (Wildman–Crippen LogP) is 2.38. The number of β-amino-alcohol motifs (C(OH)–C–C–N with tert-alkyl or cyclic N) is 1. The van der Waals surface area contributed by atoms with Crippen molar-refractivity contribution in [2.75, 3.05) is 32.7 Å². The number of likely N-dealkylation sites (tertiary alicyclic amines) is 1. The van der Waals surface area contributed by atoms with Crippen LogP contribution in [0, 0.1) is 5.82 Å². The van der Waals surface area contributed by atoms with Crippen LogP contribution in [0.5, 0.6) is 11.6 Å². The second-order valence-corrected chi connectivity index (χ2v) is 9.19. The number of rotatable bonds is 7. The van der Waals surface area contributed by atoms with Gasteiger partial charge in [-0.3, -0.25) is 9.97 Å². The van der Waals surface area contributed by atoms with E-state index in [1.54, 1.807) is 30.1 Å². The number of aromatic nitrogens is 3. The molecule has 0 aliphatic carbocycles. The summed E-state index contributed by atoms with van der Waals surface area (Å²) in [5.74, 6) is 1.53. The molecule has 5 rings (SSSR count). The SMILES string of the molecule is COc1ccc2ncc(F)c(CCN3CCC(NCc4cc5c(cn4)OCS5)C(O)C3)c2n1. The first-order chi connectivity index (χ1) is 16.1. The highest BCUT2D eigenvalue weighted by Gasteiger charge is 2.27. The quantitative estimate of drug-likeness (QED) is 0.539. The molecule has 174 valence electrons. The first-order valence-electron chi connectivity index (χ1n) is 11.0. The van der Waals surface area contributed by atoms with Gasteiger partial charge in [0, 0.05) is 37.3 Å². The number of methoxy groups -OCH3 is 1. The summed E-state index contributed by atoms with van der Waals surface area (Å²) in [6.45, 7) is 2.57. The number of thioether (sulfide) groups is 1. The smallest absolute Gasteiger partial charge is 0.213 e. The molecule has 3 aromatic rings. The Kier molecular flexibility index (Phi) is 6.59. The lowest BCUT2D eigenvalue weighted by Crippen LogP contribution is -2.52. The molecule has 0 radical (unpaired) electrons. The van der Waals surface area contributed by atoms with Gasteiger partial charge in [0.15, 0.2) is 5.75 Å². The van der Waals surface area contributed by atoms with Crippen molar-refractivity contribution in [2.24, 2.45) is 0 Å². The summed E-state index contributed by atoms with van der Waals surface area (Å²) in [6, 6.07) is 5.53. The normalized spacial score (nSPS) is 20.6. The lowest BCUT2D eigenvalue weighted by molar-refractivity contribution is 0.0403. The Morgan fingerprint density at radius 2 is 2.24 bits per heavy atom. The Balaban J connectivity index is 1.17. The molecular weight excluding hydrogens is 445 g/mol. The summed E-state index contributed by atoms with van der Waals surface area (Å²) >= 11 is 1.66. The number of halogens is 1. The van der Waals surface area contributed by atoms with Crippen LogP contribution in [-0.2, 0) is 13.0 Å². The van der Waals surface area contributed by atoms with Crippen LogP contribution in [0.3, 0.4) is 0 Å². The zero-order chi connectivity index (χ0) is 22.8. The Morgan fingerprint density at radius 3 is 3.09 bits per heavy atom. The Labute approximate surface area is 195 Å². The zero-order valence-corrected chi connectivity index (χ0v) is 19.1. The molecule has 2 aliphatic heterocycles. The third-order valence-electron chi connectivity index (χ3n) is 6.16. The minimum absolute atomic E-state index is 0.00960. The predicted molar refractivity (Wildman–Crippen MR) is 123 cm³/mol. The maximum atomic E-state index is 14.6. The lowest BCUT2D eigenvalue weighted by Gasteiger charge is -2.36. The first kappa shape index (κ1) is 22.3. The Morgan fingerprint density at radius 1 is 1.33 bits per heavy atom. The first-order valence-corrected chi connectivity index (χ1v) is 12.0. The number of ether oxygens (including phenoxy) is 2. The molecular formula is C23H26FN5O3S. The molecule has 0 spiro atoms. The minimum atomic E-state index is -0.511. The van der Waals surface area contributed by atoms with Crippen molar-refractivity contribution in [1.82, 2.24) is 25.2 Å². The van der Waals surface area contributed by atoms with E-state index >= 15 is 0 Å². The summed E-state index contributed by atoms with van der Waals surface area (Å²) in [7, 11) is 1.54. The Hall–Kier alpha value is -2.53. The molecule has 0 aromatic carbocycles. The highest BCUT2D eigenvalue weighted by molar-refractivity contribution is 7.99. The third-order valence-corrected chi connectivity index (χ3v) is 7.02. The van der Waals surface area contributed by atoms with Gasteiger partial charge in [0.25, 0.3) is 0 Å². The van der Waals surface area contributed by atoms with Crippen LogP contribution < -0.4 is 14.8 Å². The lowest BCUT2D eigenvalue weighted by atomic mass is 10.0. The molecule has 2 unspecified atom stereocenters. The molecule has 5 heterocycles. The fraction of sp³-hybridized carbons (Fsp3) is 0.435. The molecule has 0 amide bonds. The molecule has 2 N–H and O–H groups in total. The van der Waals surface area contributed by atoms with Crippen molar-refractivity contribution >= 4 is 22.8 Å². The van der Waals surface area contributed by atoms with E-state index in [9.17, 15) is 9.50 Å². The Bertz CT molecular complexity index is 1150.